The van der Waals surface area contributed by atoms with Gasteiger partial charge in [-0.15, -0.1) is 0 Å². The van der Waals surface area contributed by atoms with Gasteiger partial charge in [0.1, 0.15) is 5.56 Å². The van der Waals surface area contributed by atoms with Crippen molar-refractivity contribution in [3.8, 4) is 0 Å². The summed E-state index contributed by atoms with van der Waals surface area (Å²) >= 11 is 0. The predicted molar refractivity (Wildman–Crippen MR) is 104 cm³/mol. The Morgan fingerprint density at radius 3 is 2.54 bits per heavy atom. The van der Waals surface area contributed by atoms with E-state index in [-0.39, 0.29) is 28.9 Å². The van der Waals surface area contributed by atoms with Crippen LogP contribution < -0.4 is 16.8 Å². The Morgan fingerprint density at radius 2 is 1.93 bits per heavy atom. The lowest BCUT2D eigenvalue weighted by Crippen LogP contribution is -2.44. The number of likely N-dealkylation sites (tertiary alicyclic amines) is 1. The van der Waals surface area contributed by atoms with E-state index in [1.54, 1.807) is 21.9 Å². The zero-order valence-corrected chi connectivity index (χ0v) is 16.3. The number of hydrogen-bond donors (Lipinski definition) is 1. The molecule has 1 amide bonds. The average molecular weight is 387 g/mol. The molecule has 0 radical (unpaired) electrons. The van der Waals surface area contributed by atoms with Gasteiger partial charge in [-0.25, -0.2) is 9.78 Å². The van der Waals surface area contributed by atoms with Crippen molar-refractivity contribution in [1.82, 2.24) is 24.0 Å². The first-order valence-corrected chi connectivity index (χ1v) is 9.42. The van der Waals surface area contributed by atoms with Crippen molar-refractivity contribution < 1.29 is 4.79 Å². The molecule has 2 aromatic heterocycles. The van der Waals surface area contributed by atoms with Gasteiger partial charge in [0.15, 0.2) is 0 Å². The molecule has 9 nitrogen and oxygen atoms in total. The molecule has 2 aromatic rings. The number of carbonyl (C=O) groups excluding carboxylic acids is 1. The molecule has 0 spiro atoms. The summed E-state index contributed by atoms with van der Waals surface area (Å²) in [6.45, 7) is 5.55. The van der Waals surface area contributed by atoms with Gasteiger partial charge in [0.25, 0.3) is 17.0 Å². The van der Waals surface area contributed by atoms with Crippen molar-refractivity contribution in [1.29, 1.82) is 0 Å². The summed E-state index contributed by atoms with van der Waals surface area (Å²) in [4.78, 5) is 56.8. The molecular weight excluding hydrogens is 362 g/mol. The fourth-order valence-corrected chi connectivity index (χ4v) is 3.38. The molecule has 1 N–H and O–H groups in total. The van der Waals surface area contributed by atoms with Gasteiger partial charge in [0, 0.05) is 38.9 Å². The number of amides is 1. The van der Waals surface area contributed by atoms with E-state index in [4.69, 9.17) is 0 Å². The van der Waals surface area contributed by atoms with Gasteiger partial charge in [0.05, 0.1) is 12.0 Å². The third kappa shape index (κ3) is 3.97. The standard InChI is InChI=1S/C19H25N5O4/c1-12(2)15-8-16(25)24(11-21-15)10-13-4-6-23(7-5-13)18(27)14-9-20-19(28)22(3)17(14)26/h8-9,11-13H,4-7,10H2,1-3H3,(H,20,28). The van der Waals surface area contributed by atoms with Gasteiger partial charge < -0.3 is 9.88 Å². The van der Waals surface area contributed by atoms with E-state index in [1.807, 2.05) is 13.8 Å². The lowest BCUT2D eigenvalue weighted by atomic mass is 9.96. The summed E-state index contributed by atoms with van der Waals surface area (Å²) in [5, 5.41) is 0. The molecule has 28 heavy (non-hydrogen) atoms. The van der Waals surface area contributed by atoms with Crippen LogP contribution in [0.25, 0.3) is 0 Å². The lowest BCUT2D eigenvalue weighted by Gasteiger charge is -2.32. The van der Waals surface area contributed by atoms with Crippen LogP contribution in [-0.4, -0.2) is 43.0 Å². The number of rotatable bonds is 4. The molecule has 150 valence electrons. The van der Waals surface area contributed by atoms with Crippen molar-refractivity contribution in [2.75, 3.05) is 13.1 Å². The van der Waals surface area contributed by atoms with Gasteiger partial charge in [-0.05, 0) is 24.7 Å². The van der Waals surface area contributed by atoms with Gasteiger partial charge in [0.2, 0.25) is 0 Å². The highest BCUT2D eigenvalue weighted by Crippen LogP contribution is 2.19. The summed E-state index contributed by atoms with van der Waals surface area (Å²) in [6.07, 6.45) is 4.24. The Morgan fingerprint density at radius 1 is 1.25 bits per heavy atom. The predicted octanol–water partition coefficient (Wildman–Crippen LogP) is 0.306. The Kier molecular flexibility index (Phi) is 5.62. The highest BCUT2D eigenvalue weighted by atomic mass is 16.2. The zero-order chi connectivity index (χ0) is 20.4. The molecule has 1 aliphatic rings. The van der Waals surface area contributed by atoms with E-state index in [9.17, 15) is 19.2 Å². The van der Waals surface area contributed by atoms with Crippen LogP contribution in [0, 0.1) is 5.92 Å². The number of nitrogens with zero attached hydrogens (tertiary/aromatic N) is 4. The van der Waals surface area contributed by atoms with Crippen molar-refractivity contribution in [3.63, 3.8) is 0 Å². The van der Waals surface area contributed by atoms with Crippen LogP contribution in [0.2, 0.25) is 0 Å². The minimum absolute atomic E-state index is 0.0368. The highest BCUT2D eigenvalue weighted by Gasteiger charge is 2.26. The first-order valence-electron chi connectivity index (χ1n) is 9.42. The fourth-order valence-electron chi connectivity index (χ4n) is 3.38. The lowest BCUT2D eigenvalue weighted by molar-refractivity contribution is 0.0679. The summed E-state index contributed by atoms with van der Waals surface area (Å²) in [5.41, 5.74) is -0.468. The van der Waals surface area contributed by atoms with Crippen molar-refractivity contribution >= 4 is 5.91 Å². The second kappa shape index (κ2) is 7.95. The molecule has 9 heteroatoms. The molecule has 1 fully saturated rings. The SMILES string of the molecule is CC(C)c1cc(=O)n(CC2CCN(C(=O)c3c[nH]c(=O)n(C)c3=O)CC2)cn1. The monoisotopic (exact) mass is 387 g/mol. The Hall–Kier alpha value is -2.97. The number of nitrogens with one attached hydrogen (secondary N) is 1. The minimum atomic E-state index is -0.598. The maximum atomic E-state index is 12.6. The maximum absolute atomic E-state index is 12.6. The number of aromatic nitrogens is 4. The van der Waals surface area contributed by atoms with Crippen LogP contribution in [0.4, 0.5) is 0 Å². The number of aromatic amines is 1. The fraction of sp³-hybridized carbons (Fsp3) is 0.526. The third-order valence-electron chi connectivity index (χ3n) is 5.26. The molecule has 0 aromatic carbocycles. The summed E-state index contributed by atoms with van der Waals surface area (Å²) in [5.74, 6) is 0.0829. The van der Waals surface area contributed by atoms with Gasteiger partial charge >= 0.3 is 5.69 Å². The molecule has 0 unspecified atom stereocenters. The molecule has 1 saturated heterocycles. The van der Waals surface area contributed by atoms with Crippen LogP contribution in [0.1, 0.15) is 48.7 Å². The second-order valence-corrected chi connectivity index (χ2v) is 7.57. The largest absolute Gasteiger partial charge is 0.338 e. The van der Waals surface area contributed by atoms with E-state index in [2.05, 4.69) is 9.97 Å². The van der Waals surface area contributed by atoms with Crippen LogP contribution in [-0.2, 0) is 13.6 Å². The molecule has 0 aliphatic carbocycles. The number of hydrogen-bond acceptors (Lipinski definition) is 5. The van der Waals surface area contributed by atoms with Crippen molar-refractivity contribution in [2.45, 2.75) is 39.2 Å². The second-order valence-electron chi connectivity index (χ2n) is 7.57. The summed E-state index contributed by atoms with van der Waals surface area (Å²) in [6, 6.07) is 1.58. The Labute approximate surface area is 161 Å². The molecule has 1 aliphatic heterocycles. The smallest absolute Gasteiger partial charge is 0.328 e. The van der Waals surface area contributed by atoms with E-state index < -0.39 is 11.2 Å². The van der Waals surface area contributed by atoms with Crippen molar-refractivity contribution in [2.24, 2.45) is 13.0 Å². The number of H-pyrrole nitrogens is 1. The summed E-state index contributed by atoms with van der Waals surface area (Å²) in [7, 11) is 1.33. The minimum Gasteiger partial charge on any atom is -0.338 e. The molecule has 0 atom stereocenters. The highest BCUT2D eigenvalue weighted by molar-refractivity contribution is 5.93. The quantitative estimate of drug-likeness (QED) is 0.812. The Bertz CT molecular complexity index is 1040. The number of carbonyl (C=O) groups is 1. The molecule has 0 bridgehead atoms. The first-order chi connectivity index (χ1) is 13.3. The number of piperidine rings is 1. The van der Waals surface area contributed by atoms with Gasteiger partial charge in [-0.1, -0.05) is 13.8 Å². The van der Waals surface area contributed by atoms with Crippen LogP contribution >= 0.6 is 0 Å². The molecule has 3 heterocycles. The van der Waals surface area contributed by atoms with Crippen LogP contribution in [0.15, 0.2) is 33.0 Å². The van der Waals surface area contributed by atoms with E-state index in [1.165, 1.54) is 13.2 Å². The first kappa shape index (κ1) is 19.8. The zero-order valence-electron chi connectivity index (χ0n) is 16.3. The maximum Gasteiger partial charge on any atom is 0.328 e. The Balaban J connectivity index is 1.64. The normalized spacial score (nSPS) is 15.2. The van der Waals surface area contributed by atoms with Crippen molar-refractivity contribution in [3.05, 3.63) is 61.0 Å². The molecule has 3 rings (SSSR count). The topological polar surface area (TPSA) is 110 Å². The van der Waals surface area contributed by atoms with Crippen LogP contribution in [0.5, 0.6) is 0 Å². The van der Waals surface area contributed by atoms with E-state index in [0.717, 1.165) is 23.1 Å². The summed E-state index contributed by atoms with van der Waals surface area (Å²) < 4.78 is 2.51. The average Bonchev–Trinajstić information content (AvgIpc) is 2.68. The van der Waals surface area contributed by atoms with Crippen LogP contribution in [0.3, 0.4) is 0 Å². The third-order valence-corrected chi connectivity index (χ3v) is 5.26. The van der Waals surface area contributed by atoms with Gasteiger partial charge in [-0.3, -0.25) is 23.5 Å². The molecular formula is C19H25N5O4. The molecule has 0 saturated carbocycles. The van der Waals surface area contributed by atoms with E-state index in [0.29, 0.717) is 19.6 Å². The van der Waals surface area contributed by atoms with Gasteiger partial charge in [-0.2, -0.15) is 0 Å². The van der Waals surface area contributed by atoms with E-state index >= 15 is 0 Å².